The van der Waals surface area contributed by atoms with Crippen LogP contribution in [-0.4, -0.2) is 24.8 Å². The molecule has 0 amide bonds. The summed E-state index contributed by atoms with van der Waals surface area (Å²) in [5.74, 6) is 0.229. The van der Waals surface area contributed by atoms with Crippen LogP contribution in [-0.2, 0) is 9.84 Å². The van der Waals surface area contributed by atoms with Crippen molar-refractivity contribution >= 4 is 15.5 Å². The summed E-state index contributed by atoms with van der Waals surface area (Å²) in [5, 5.41) is 12.7. The van der Waals surface area contributed by atoms with Gasteiger partial charge in [0.1, 0.15) is 5.75 Å². The molecule has 0 aliphatic carbocycles. The molecule has 0 fully saturated rings. The molecule has 1 aromatic carbocycles. The zero-order valence-electron chi connectivity index (χ0n) is 11.9. The van der Waals surface area contributed by atoms with Crippen LogP contribution in [0.4, 0.5) is 5.69 Å². The molecule has 112 valence electrons. The van der Waals surface area contributed by atoms with Gasteiger partial charge in [0, 0.05) is 6.26 Å². The molecule has 2 N–H and O–H groups in total. The second-order valence-corrected chi connectivity index (χ2v) is 6.82. The summed E-state index contributed by atoms with van der Waals surface area (Å²) in [6, 6.07) is 10.3. The number of phenolic OH excluding ortho intramolecular Hbond substituents is 1. The zero-order valence-corrected chi connectivity index (χ0v) is 12.8. The molecule has 0 saturated heterocycles. The molecule has 1 unspecified atom stereocenters. The SMILES string of the molecule is CCC(Nc1ccc(S(C)(=O)=O)nc1)c1ccc(O)cc1. The first-order chi connectivity index (χ1) is 9.90. The van der Waals surface area contributed by atoms with E-state index in [1.807, 2.05) is 19.1 Å². The molecule has 0 saturated carbocycles. The highest BCUT2D eigenvalue weighted by Gasteiger charge is 2.11. The Kier molecular flexibility index (Phi) is 4.47. The largest absolute Gasteiger partial charge is 0.508 e. The van der Waals surface area contributed by atoms with Gasteiger partial charge in [0.05, 0.1) is 17.9 Å². The number of hydrogen-bond acceptors (Lipinski definition) is 5. The maximum absolute atomic E-state index is 11.4. The van der Waals surface area contributed by atoms with E-state index in [4.69, 9.17) is 0 Å². The molecule has 1 aromatic heterocycles. The van der Waals surface area contributed by atoms with Crippen molar-refractivity contribution in [2.24, 2.45) is 0 Å². The first-order valence-electron chi connectivity index (χ1n) is 6.61. The minimum absolute atomic E-state index is 0.0609. The van der Waals surface area contributed by atoms with Crippen LogP contribution < -0.4 is 5.32 Å². The Hall–Kier alpha value is -2.08. The predicted molar refractivity (Wildman–Crippen MR) is 82.1 cm³/mol. The van der Waals surface area contributed by atoms with Gasteiger partial charge in [-0.2, -0.15) is 0 Å². The average molecular weight is 306 g/mol. The zero-order chi connectivity index (χ0) is 15.5. The lowest BCUT2D eigenvalue weighted by atomic mass is 10.0. The Balaban J connectivity index is 2.17. The Morgan fingerprint density at radius 2 is 1.86 bits per heavy atom. The quantitative estimate of drug-likeness (QED) is 0.888. The third-order valence-electron chi connectivity index (χ3n) is 3.16. The number of aromatic nitrogens is 1. The molecule has 0 aliphatic heterocycles. The Labute approximate surface area is 124 Å². The fraction of sp³-hybridized carbons (Fsp3) is 0.267. The smallest absolute Gasteiger partial charge is 0.192 e. The van der Waals surface area contributed by atoms with E-state index < -0.39 is 9.84 Å². The first kappa shape index (κ1) is 15.3. The van der Waals surface area contributed by atoms with Gasteiger partial charge in [-0.25, -0.2) is 13.4 Å². The molecular formula is C15H18N2O3S. The van der Waals surface area contributed by atoms with Gasteiger partial charge in [-0.3, -0.25) is 0 Å². The summed E-state index contributed by atoms with van der Waals surface area (Å²) in [6.07, 6.45) is 3.49. The van der Waals surface area contributed by atoms with Gasteiger partial charge in [-0.15, -0.1) is 0 Å². The summed E-state index contributed by atoms with van der Waals surface area (Å²) >= 11 is 0. The lowest BCUT2D eigenvalue weighted by Gasteiger charge is -2.18. The molecule has 6 heteroatoms. The molecule has 0 spiro atoms. The number of phenols is 1. The topological polar surface area (TPSA) is 79.3 Å². The van der Waals surface area contributed by atoms with Crippen molar-refractivity contribution in [3.63, 3.8) is 0 Å². The highest BCUT2D eigenvalue weighted by atomic mass is 32.2. The van der Waals surface area contributed by atoms with Gasteiger partial charge in [-0.05, 0) is 36.2 Å². The van der Waals surface area contributed by atoms with Crippen LogP contribution in [0.3, 0.4) is 0 Å². The highest BCUT2D eigenvalue weighted by Crippen LogP contribution is 2.24. The Morgan fingerprint density at radius 1 is 1.19 bits per heavy atom. The normalized spacial score (nSPS) is 12.9. The second kappa shape index (κ2) is 6.13. The van der Waals surface area contributed by atoms with Crippen molar-refractivity contribution in [1.29, 1.82) is 0 Å². The lowest BCUT2D eigenvalue weighted by Crippen LogP contribution is -2.10. The van der Waals surface area contributed by atoms with E-state index in [1.165, 1.54) is 12.3 Å². The summed E-state index contributed by atoms with van der Waals surface area (Å²) in [6.45, 7) is 2.04. The van der Waals surface area contributed by atoms with Gasteiger partial charge >= 0.3 is 0 Å². The minimum atomic E-state index is -3.28. The van der Waals surface area contributed by atoms with E-state index >= 15 is 0 Å². The van der Waals surface area contributed by atoms with Crippen molar-refractivity contribution in [2.45, 2.75) is 24.4 Å². The molecule has 0 bridgehead atoms. The third-order valence-corrected chi connectivity index (χ3v) is 4.16. The number of benzene rings is 1. The molecule has 2 rings (SSSR count). The Morgan fingerprint density at radius 3 is 2.33 bits per heavy atom. The third kappa shape index (κ3) is 3.95. The monoisotopic (exact) mass is 306 g/mol. The van der Waals surface area contributed by atoms with E-state index in [2.05, 4.69) is 10.3 Å². The minimum Gasteiger partial charge on any atom is -0.508 e. The Bertz CT molecular complexity index is 695. The summed E-state index contributed by atoms with van der Waals surface area (Å²) < 4.78 is 22.7. The van der Waals surface area contributed by atoms with Crippen molar-refractivity contribution in [2.75, 3.05) is 11.6 Å². The van der Waals surface area contributed by atoms with E-state index in [1.54, 1.807) is 18.2 Å². The number of pyridine rings is 1. The highest BCUT2D eigenvalue weighted by molar-refractivity contribution is 7.90. The van der Waals surface area contributed by atoms with Crippen LogP contribution in [0, 0.1) is 0 Å². The van der Waals surface area contributed by atoms with Crippen molar-refractivity contribution in [3.8, 4) is 5.75 Å². The van der Waals surface area contributed by atoms with Crippen LogP contribution in [0.2, 0.25) is 0 Å². The summed E-state index contributed by atoms with van der Waals surface area (Å²) in [7, 11) is -3.28. The standard InChI is InChI=1S/C15H18N2O3S/c1-3-14(11-4-7-13(18)8-5-11)17-12-6-9-15(16-10-12)21(2,19)20/h4-10,14,17-18H,3H2,1-2H3. The van der Waals surface area contributed by atoms with Crippen molar-refractivity contribution in [1.82, 2.24) is 4.98 Å². The summed E-state index contributed by atoms with van der Waals surface area (Å²) in [4.78, 5) is 3.95. The van der Waals surface area contributed by atoms with Crippen LogP contribution >= 0.6 is 0 Å². The van der Waals surface area contributed by atoms with Crippen molar-refractivity contribution in [3.05, 3.63) is 48.2 Å². The number of anilines is 1. The van der Waals surface area contributed by atoms with E-state index in [0.717, 1.165) is 23.9 Å². The fourth-order valence-electron chi connectivity index (χ4n) is 2.01. The number of rotatable bonds is 5. The van der Waals surface area contributed by atoms with E-state index in [0.29, 0.717) is 0 Å². The second-order valence-electron chi connectivity index (χ2n) is 4.85. The molecule has 21 heavy (non-hydrogen) atoms. The van der Waals surface area contributed by atoms with Crippen LogP contribution in [0.15, 0.2) is 47.6 Å². The fourth-order valence-corrected chi connectivity index (χ4v) is 2.57. The molecule has 2 aromatic rings. The number of hydrogen-bond donors (Lipinski definition) is 2. The average Bonchev–Trinajstić information content (AvgIpc) is 2.45. The van der Waals surface area contributed by atoms with E-state index in [-0.39, 0.29) is 16.8 Å². The molecule has 1 heterocycles. The summed E-state index contributed by atoms with van der Waals surface area (Å²) in [5.41, 5.74) is 1.80. The molecular weight excluding hydrogens is 288 g/mol. The van der Waals surface area contributed by atoms with Gasteiger partial charge in [0.25, 0.3) is 0 Å². The predicted octanol–water partition coefficient (Wildman–Crippen LogP) is 2.75. The number of nitrogens with one attached hydrogen (secondary N) is 1. The number of sulfone groups is 1. The van der Waals surface area contributed by atoms with Gasteiger partial charge < -0.3 is 10.4 Å². The van der Waals surface area contributed by atoms with Crippen LogP contribution in [0.25, 0.3) is 0 Å². The molecule has 0 radical (unpaired) electrons. The molecule has 1 atom stereocenters. The lowest BCUT2D eigenvalue weighted by molar-refractivity contribution is 0.475. The van der Waals surface area contributed by atoms with Crippen molar-refractivity contribution < 1.29 is 13.5 Å². The maximum Gasteiger partial charge on any atom is 0.192 e. The van der Waals surface area contributed by atoms with Gasteiger partial charge in [0.2, 0.25) is 0 Å². The molecule has 5 nitrogen and oxygen atoms in total. The van der Waals surface area contributed by atoms with Gasteiger partial charge in [0.15, 0.2) is 14.9 Å². The maximum atomic E-state index is 11.4. The van der Waals surface area contributed by atoms with E-state index in [9.17, 15) is 13.5 Å². The van der Waals surface area contributed by atoms with Crippen LogP contribution in [0.5, 0.6) is 5.75 Å². The van der Waals surface area contributed by atoms with Crippen LogP contribution in [0.1, 0.15) is 24.9 Å². The molecule has 0 aliphatic rings. The number of aromatic hydroxyl groups is 1. The first-order valence-corrected chi connectivity index (χ1v) is 8.51. The van der Waals surface area contributed by atoms with Gasteiger partial charge in [-0.1, -0.05) is 19.1 Å². The number of nitrogens with zero attached hydrogens (tertiary/aromatic N) is 1.